The monoisotopic (exact) mass is 294 g/mol. The lowest BCUT2D eigenvalue weighted by Gasteiger charge is -2.16. The number of benzene rings is 1. The zero-order chi connectivity index (χ0) is 14.3. The van der Waals surface area contributed by atoms with Gasteiger partial charge in [-0.2, -0.15) is 8.42 Å². The molecule has 0 aromatic heterocycles. The Kier molecular flexibility index (Phi) is 3.62. The van der Waals surface area contributed by atoms with Gasteiger partial charge in [0, 0.05) is 6.61 Å². The summed E-state index contributed by atoms with van der Waals surface area (Å²) in [5, 5.41) is 0. The van der Waals surface area contributed by atoms with E-state index in [1.807, 2.05) is 6.92 Å². The van der Waals surface area contributed by atoms with Gasteiger partial charge in [0.05, 0.1) is 25.5 Å². The first-order chi connectivity index (χ1) is 9.47. The normalized spacial score (nSPS) is 33.2. The van der Waals surface area contributed by atoms with Crippen molar-refractivity contribution in [1.82, 2.24) is 0 Å². The van der Waals surface area contributed by atoms with Crippen LogP contribution in [0, 0.1) is 6.92 Å². The quantitative estimate of drug-likeness (QED) is 0.610. The van der Waals surface area contributed by atoms with Gasteiger partial charge in [-0.15, -0.1) is 0 Å². The van der Waals surface area contributed by atoms with E-state index in [0.29, 0.717) is 6.61 Å². The minimum atomic E-state index is -3.82. The van der Waals surface area contributed by atoms with E-state index in [4.69, 9.17) is 21.5 Å². The van der Waals surface area contributed by atoms with E-state index in [0.717, 1.165) is 5.56 Å². The van der Waals surface area contributed by atoms with Crippen LogP contribution in [0.5, 0.6) is 0 Å². The predicted molar refractivity (Wildman–Crippen MR) is 72.2 cm³/mol. The van der Waals surface area contributed by atoms with E-state index in [1.165, 1.54) is 12.1 Å². The standard InChI is InChI=1S/C13H15BO5S/c1-8-2-4-9(5-3-8)20(15,16)19-11-7-18-12-10(14)6-17-13(11)12/h2-5,10-13H,6-7H2,1H3/t10-,11-,12+,13+/m0/s1. The highest BCUT2D eigenvalue weighted by Gasteiger charge is 2.47. The molecule has 106 valence electrons. The molecule has 0 unspecified atom stereocenters. The third kappa shape index (κ3) is 2.51. The number of fused-ring (bicyclic) bond motifs is 1. The molecule has 1 aromatic rings. The molecule has 2 saturated heterocycles. The van der Waals surface area contributed by atoms with Crippen molar-refractivity contribution in [3.8, 4) is 0 Å². The van der Waals surface area contributed by atoms with Crippen LogP contribution in [0.1, 0.15) is 5.56 Å². The average molecular weight is 294 g/mol. The summed E-state index contributed by atoms with van der Waals surface area (Å²) in [6, 6.07) is 6.51. The Hall–Kier alpha value is -0.885. The van der Waals surface area contributed by atoms with Crippen LogP contribution in [0.2, 0.25) is 5.82 Å². The lowest BCUT2D eigenvalue weighted by molar-refractivity contribution is 0.0336. The summed E-state index contributed by atoms with van der Waals surface area (Å²) in [4.78, 5) is 0.133. The van der Waals surface area contributed by atoms with Gasteiger partial charge in [-0.25, -0.2) is 0 Å². The second kappa shape index (κ2) is 5.14. The molecule has 2 heterocycles. The molecule has 20 heavy (non-hydrogen) atoms. The number of rotatable bonds is 3. The summed E-state index contributed by atoms with van der Waals surface area (Å²) in [5.41, 5.74) is 0.985. The first kappa shape index (κ1) is 14.1. The summed E-state index contributed by atoms with van der Waals surface area (Å²) in [5.74, 6) is -0.226. The topological polar surface area (TPSA) is 61.8 Å². The van der Waals surface area contributed by atoms with Gasteiger partial charge in [-0.1, -0.05) is 17.7 Å². The van der Waals surface area contributed by atoms with Gasteiger partial charge < -0.3 is 9.47 Å². The molecule has 4 atom stereocenters. The van der Waals surface area contributed by atoms with Crippen molar-refractivity contribution in [3.05, 3.63) is 29.8 Å². The van der Waals surface area contributed by atoms with E-state index in [1.54, 1.807) is 12.1 Å². The molecule has 2 radical (unpaired) electrons. The van der Waals surface area contributed by atoms with Crippen molar-refractivity contribution < 1.29 is 22.1 Å². The molecular weight excluding hydrogens is 279 g/mol. The summed E-state index contributed by atoms with van der Waals surface area (Å²) >= 11 is 0. The summed E-state index contributed by atoms with van der Waals surface area (Å²) in [6.45, 7) is 2.42. The summed E-state index contributed by atoms with van der Waals surface area (Å²) in [6.07, 6.45) is -1.33. The molecule has 0 saturated carbocycles. The van der Waals surface area contributed by atoms with Gasteiger partial charge in [-0.3, -0.25) is 4.18 Å². The van der Waals surface area contributed by atoms with Crippen molar-refractivity contribution in [3.63, 3.8) is 0 Å². The zero-order valence-electron chi connectivity index (χ0n) is 11.1. The van der Waals surface area contributed by atoms with Gasteiger partial charge in [0.25, 0.3) is 10.1 Å². The molecule has 2 aliphatic heterocycles. The third-order valence-electron chi connectivity index (χ3n) is 3.61. The Balaban J connectivity index is 1.76. The molecule has 0 aliphatic carbocycles. The lowest BCUT2D eigenvalue weighted by Crippen LogP contribution is -2.32. The van der Waals surface area contributed by atoms with Crippen LogP contribution < -0.4 is 0 Å². The van der Waals surface area contributed by atoms with Crippen LogP contribution in [0.25, 0.3) is 0 Å². The molecule has 2 aliphatic rings. The first-order valence-corrected chi connectivity index (χ1v) is 7.87. The Morgan fingerprint density at radius 2 is 1.80 bits per heavy atom. The lowest BCUT2D eigenvalue weighted by atomic mass is 9.83. The number of ether oxygens (including phenoxy) is 2. The third-order valence-corrected chi connectivity index (χ3v) is 4.96. The number of aryl methyl sites for hydroxylation is 1. The fourth-order valence-corrected chi connectivity index (χ4v) is 3.57. The molecule has 5 nitrogen and oxygen atoms in total. The first-order valence-electron chi connectivity index (χ1n) is 6.46. The van der Waals surface area contributed by atoms with E-state index in [-0.39, 0.29) is 23.4 Å². The largest absolute Gasteiger partial charge is 0.373 e. The Labute approximate surface area is 119 Å². The molecule has 0 spiro atoms. The van der Waals surface area contributed by atoms with Gasteiger partial charge in [0.15, 0.2) is 0 Å². The zero-order valence-corrected chi connectivity index (χ0v) is 11.9. The van der Waals surface area contributed by atoms with Crippen molar-refractivity contribution in [2.45, 2.75) is 35.9 Å². The van der Waals surface area contributed by atoms with Crippen LogP contribution in [0.15, 0.2) is 29.2 Å². The van der Waals surface area contributed by atoms with E-state index in [9.17, 15) is 8.42 Å². The molecule has 2 fully saturated rings. The van der Waals surface area contributed by atoms with Crippen LogP contribution in [-0.2, 0) is 23.8 Å². The smallest absolute Gasteiger partial charge is 0.297 e. The van der Waals surface area contributed by atoms with E-state index in [2.05, 4.69) is 0 Å². The van der Waals surface area contributed by atoms with Crippen LogP contribution in [0.4, 0.5) is 0 Å². The summed E-state index contributed by atoms with van der Waals surface area (Å²) < 4.78 is 40.6. The Bertz CT molecular complexity index is 585. The van der Waals surface area contributed by atoms with Gasteiger partial charge in [0.2, 0.25) is 0 Å². The fraction of sp³-hybridized carbons (Fsp3) is 0.538. The highest BCUT2D eigenvalue weighted by molar-refractivity contribution is 7.86. The molecule has 1 aromatic carbocycles. The number of hydrogen-bond acceptors (Lipinski definition) is 5. The van der Waals surface area contributed by atoms with Gasteiger partial charge >= 0.3 is 0 Å². The molecule has 0 N–H and O–H groups in total. The maximum absolute atomic E-state index is 12.2. The minimum Gasteiger partial charge on any atom is -0.373 e. The van der Waals surface area contributed by atoms with Crippen molar-refractivity contribution >= 4 is 18.0 Å². The maximum Gasteiger partial charge on any atom is 0.297 e. The predicted octanol–water partition coefficient (Wildman–Crippen LogP) is 0.824. The molecule has 7 heteroatoms. The molecule has 0 amide bonds. The van der Waals surface area contributed by atoms with Crippen molar-refractivity contribution in [2.75, 3.05) is 13.2 Å². The van der Waals surface area contributed by atoms with E-state index < -0.39 is 22.3 Å². The minimum absolute atomic E-state index is 0.133. The van der Waals surface area contributed by atoms with Crippen molar-refractivity contribution in [2.24, 2.45) is 0 Å². The fourth-order valence-electron chi connectivity index (χ4n) is 2.50. The average Bonchev–Trinajstić information content (AvgIpc) is 2.95. The second-order valence-corrected chi connectivity index (χ2v) is 6.73. The van der Waals surface area contributed by atoms with Gasteiger partial charge in [0.1, 0.15) is 12.2 Å². The molecule has 0 bridgehead atoms. The van der Waals surface area contributed by atoms with E-state index >= 15 is 0 Å². The highest BCUT2D eigenvalue weighted by Crippen LogP contribution is 2.35. The van der Waals surface area contributed by atoms with Gasteiger partial charge in [-0.05, 0) is 24.9 Å². The van der Waals surface area contributed by atoms with Crippen LogP contribution in [0.3, 0.4) is 0 Å². The Morgan fingerprint density at radius 3 is 2.50 bits per heavy atom. The molecule has 3 rings (SSSR count). The summed E-state index contributed by atoms with van der Waals surface area (Å²) in [7, 11) is 2.00. The maximum atomic E-state index is 12.2. The van der Waals surface area contributed by atoms with Crippen molar-refractivity contribution in [1.29, 1.82) is 0 Å². The van der Waals surface area contributed by atoms with Crippen LogP contribution in [-0.4, -0.2) is 47.8 Å². The molecular formula is C13H15BO5S. The Morgan fingerprint density at radius 1 is 1.15 bits per heavy atom. The SMILES string of the molecule is [B][C@H]1CO[C@H]2[C@@H]1OC[C@@H]2OS(=O)(=O)c1ccc(C)cc1. The number of hydrogen-bond donors (Lipinski definition) is 0. The highest BCUT2D eigenvalue weighted by atomic mass is 32.2. The van der Waals surface area contributed by atoms with Crippen LogP contribution >= 0.6 is 0 Å². The second-order valence-electron chi connectivity index (χ2n) is 5.16.